The van der Waals surface area contributed by atoms with Crippen molar-refractivity contribution >= 4 is 0 Å². The molecular formula is C14H26N2. The highest BCUT2D eigenvalue weighted by atomic mass is 14.9. The maximum absolute atomic E-state index is 8.77. The lowest BCUT2D eigenvalue weighted by atomic mass is 10.0. The Morgan fingerprint density at radius 1 is 1.25 bits per heavy atom. The number of nitrogens with zero attached hydrogens (tertiary/aromatic N) is 1. The minimum absolute atomic E-state index is 0.354. The van der Waals surface area contributed by atoms with Gasteiger partial charge in [-0.3, -0.25) is 0 Å². The van der Waals surface area contributed by atoms with Crippen molar-refractivity contribution in [2.75, 3.05) is 6.54 Å². The molecule has 0 aromatic heterocycles. The smallest absolute Gasteiger partial charge is 0.0628 e. The molecule has 1 N–H and O–H groups in total. The first-order valence-corrected chi connectivity index (χ1v) is 6.86. The van der Waals surface area contributed by atoms with Gasteiger partial charge in [0.25, 0.3) is 0 Å². The average Bonchev–Trinajstić information content (AvgIpc) is 3.03. The second-order valence-electron chi connectivity index (χ2n) is 5.34. The molecule has 92 valence electrons. The summed E-state index contributed by atoms with van der Waals surface area (Å²) in [6.07, 6.45) is 9.68. The van der Waals surface area contributed by atoms with Crippen LogP contribution in [-0.4, -0.2) is 12.6 Å². The van der Waals surface area contributed by atoms with Crippen LogP contribution in [-0.2, 0) is 0 Å². The summed E-state index contributed by atoms with van der Waals surface area (Å²) in [6.45, 7) is 5.57. The van der Waals surface area contributed by atoms with Crippen molar-refractivity contribution in [2.24, 2.45) is 5.41 Å². The zero-order valence-electron chi connectivity index (χ0n) is 10.9. The number of hydrogen-bond donors (Lipinski definition) is 1. The third-order valence-electron chi connectivity index (χ3n) is 3.72. The second kappa shape index (κ2) is 6.91. The molecule has 1 saturated carbocycles. The first-order chi connectivity index (χ1) is 7.76. The lowest BCUT2D eigenvalue weighted by Gasteiger charge is -2.21. The van der Waals surface area contributed by atoms with Crippen molar-refractivity contribution in [3.63, 3.8) is 0 Å². The molecular weight excluding hydrogens is 196 g/mol. The average molecular weight is 222 g/mol. The maximum Gasteiger partial charge on any atom is 0.0628 e. The predicted molar refractivity (Wildman–Crippen MR) is 68.1 cm³/mol. The van der Waals surface area contributed by atoms with Gasteiger partial charge in [-0.15, -0.1) is 0 Å². The van der Waals surface area contributed by atoms with E-state index < -0.39 is 0 Å². The Hall–Kier alpha value is -0.550. The van der Waals surface area contributed by atoms with Crippen LogP contribution in [0.5, 0.6) is 0 Å². The van der Waals surface area contributed by atoms with Crippen LogP contribution in [0.25, 0.3) is 0 Å². The van der Waals surface area contributed by atoms with Crippen molar-refractivity contribution in [1.29, 1.82) is 5.26 Å². The van der Waals surface area contributed by atoms with Gasteiger partial charge >= 0.3 is 0 Å². The third-order valence-corrected chi connectivity index (χ3v) is 3.72. The van der Waals surface area contributed by atoms with E-state index in [2.05, 4.69) is 25.2 Å². The van der Waals surface area contributed by atoms with Crippen LogP contribution in [0.2, 0.25) is 0 Å². The molecule has 0 amide bonds. The Morgan fingerprint density at radius 2 is 2.00 bits per heavy atom. The van der Waals surface area contributed by atoms with Crippen LogP contribution in [0.4, 0.5) is 0 Å². The minimum Gasteiger partial charge on any atom is -0.313 e. The van der Waals surface area contributed by atoms with Gasteiger partial charge < -0.3 is 5.32 Å². The van der Waals surface area contributed by atoms with Gasteiger partial charge in [0.2, 0.25) is 0 Å². The molecule has 1 aliphatic carbocycles. The van der Waals surface area contributed by atoms with Crippen molar-refractivity contribution in [2.45, 2.75) is 71.3 Å². The Bertz CT molecular complexity index is 225. The maximum atomic E-state index is 8.77. The predicted octanol–water partition coefficient (Wildman–Crippen LogP) is 3.63. The molecule has 1 fully saturated rings. The zero-order chi connectivity index (χ0) is 11.9. The monoisotopic (exact) mass is 222 g/mol. The van der Waals surface area contributed by atoms with E-state index in [0.717, 1.165) is 13.0 Å². The summed E-state index contributed by atoms with van der Waals surface area (Å²) in [5.41, 5.74) is 0.354. The quantitative estimate of drug-likeness (QED) is 0.646. The highest BCUT2D eigenvalue weighted by Gasteiger charge is 2.42. The molecule has 1 unspecified atom stereocenters. The molecule has 2 heteroatoms. The lowest BCUT2D eigenvalue weighted by molar-refractivity contribution is 0.377. The molecule has 1 atom stereocenters. The first kappa shape index (κ1) is 13.5. The van der Waals surface area contributed by atoms with E-state index in [-0.39, 0.29) is 0 Å². The largest absolute Gasteiger partial charge is 0.313 e. The van der Waals surface area contributed by atoms with Crippen LogP contribution >= 0.6 is 0 Å². The van der Waals surface area contributed by atoms with Gasteiger partial charge in [-0.1, -0.05) is 33.1 Å². The molecule has 2 nitrogen and oxygen atoms in total. The fraction of sp³-hybridized carbons (Fsp3) is 0.929. The minimum atomic E-state index is 0.354. The normalized spacial score (nSPS) is 19.1. The number of rotatable bonds is 9. The third kappa shape index (κ3) is 4.53. The Balaban J connectivity index is 2.23. The van der Waals surface area contributed by atoms with Crippen LogP contribution in [0.3, 0.4) is 0 Å². The molecule has 0 radical (unpaired) electrons. The molecule has 0 saturated heterocycles. The first-order valence-electron chi connectivity index (χ1n) is 6.86. The number of unbranched alkanes of at least 4 members (excludes halogenated alkanes) is 1. The number of hydrogen-bond acceptors (Lipinski definition) is 2. The van der Waals surface area contributed by atoms with E-state index in [4.69, 9.17) is 5.26 Å². The summed E-state index contributed by atoms with van der Waals surface area (Å²) in [5, 5.41) is 12.5. The van der Waals surface area contributed by atoms with Crippen LogP contribution in [0.1, 0.15) is 65.2 Å². The summed E-state index contributed by atoms with van der Waals surface area (Å²) < 4.78 is 0. The van der Waals surface area contributed by atoms with E-state index in [1.165, 1.54) is 44.9 Å². The molecule has 0 heterocycles. The van der Waals surface area contributed by atoms with Gasteiger partial charge in [0, 0.05) is 19.0 Å². The fourth-order valence-corrected chi connectivity index (χ4v) is 2.27. The van der Waals surface area contributed by atoms with Crippen LogP contribution in [0, 0.1) is 16.7 Å². The Labute approximate surface area is 100 Å². The lowest BCUT2D eigenvalue weighted by Crippen LogP contribution is -2.34. The molecule has 16 heavy (non-hydrogen) atoms. The standard InChI is InChI=1S/C14H26N2/c1-3-5-7-13(6-4-2)16-12-14(8-9-14)10-11-15/h13,16H,3-10,12H2,1-2H3. The Morgan fingerprint density at radius 3 is 2.50 bits per heavy atom. The zero-order valence-corrected chi connectivity index (χ0v) is 10.9. The molecule has 0 aliphatic heterocycles. The van der Waals surface area contributed by atoms with E-state index in [0.29, 0.717) is 11.5 Å². The number of nitrogens with one attached hydrogen (secondary N) is 1. The van der Waals surface area contributed by atoms with Crippen molar-refractivity contribution in [3.05, 3.63) is 0 Å². The second-order valence-corrected chi connectivity index (χ2v) is 5.34. The van der Waals surface area contributed by atoms with E-state index in [9.17, 15) is 0 Å². The summed E-state index contributed by atoms with van der Waals surface area (Å²) >= 11 is 0. The topological polar surface area (TPSA) is 35.8 Å². The summed E-state index contributed by atoms with van der Waals surface area (Å²) in [6, 6.07) is 3.01. The summed E-state index contributed by atoms with van der Waals surface area (Å²) in [5.74, 6) is 0. The van der Waals surface area contributed by atoms with Gasteiger partial charge in [-0.25, -0.2) is 0 Å². The van der Waals surface area contributed by atoms with Crippen molar-refractivity contribution < 1.29 is 0 Å². The molecule has 0 spiro atoms. The van der Waals surface area contributed by atoms with Gasteiger partial charge in [-0.2, -0.15) is 5.26 Å². The molecule has 1 aliphatic rings. The van der Waals surface area contributed by atoms with Crippen LogP contribution in [0.15, 0.2) is 0 Å². The highest BCUT2D eigenvalue weighted by Crippen LogP contribution is 2.47. The molecule has 1 rings (SSSR count). The van der Waals surface area contributed by atoms with E-state index >= 15 is 0 Å². The molecule has 0 bridgehead atoms. The van der Waals surface area contributed by atoms with E-state index in [1.807, 2.05) is 0 Å². The van der Waals surface area contributed by atoms with Gasteiger partial charge in [0.05, 0.1) is 6.07 Å². The molecule has 0 aromatic carbocycles. The summed E-state index contributed by atoms with van der Waals surface area (Å²) in [7, 11) is 0. The highest BCUT2D eigenvalue weighted by molar-refractivity contribution is 5.01. The van der Waals surface area contributed by atoms with Crippen molar-refractivity contribution in [1.82, 2.24) is 5.32 Å². The van der Waals surface area contributed by atoms with E-state index in [1.54, 1.807) is 0 Å². The number of nitriles is 1. The van der Waals surface area contributed by atoms with Gasteiger partial charge in [0.1, 0.15) is 0 Å². The fourth-order valence-electron chi connectivity index (χ4n) is 2.27. The van der Waals surface area contributed by atoms with Crippen LogP contribution < -0.4 is 5.32 Å². The van der Waals surface area contributed by atoms with Crippen molar-refractivity contribution in [3.8, 4) is 6.07 Å². The van der Waals surface area contributed by atoms with Gasteiger partial charge in [-0.05, 0) is 31.1 Å². The SMILES string of the molecule is CCCCC(CCC)NCC1(CC#N)CC1. The summed E-state index contributed by atoms with van der Waals surface area (Å²) in [4.78, 5) is 0. The van der Waals surface area contributed by atoms with Gasteiger partial charge in [0.15, 0.2) is 0 Å². The Kier molecular flexibility index (Phi) is 5.84. The molecule has 0 aromatic rings.